The minimum atomic E-state index is -3.76. The van der Waals surface area contributed by atoms with Crippen LogP contribution in [0.1, 0.15) is 0 Å². The summed E-state index contributed by atoms with van der Waals surface area (Å²) in [5.41, 5.74) is 1.87. The Labute approximate surface area is 157 Å². The third-order valence-electron chi connectivity index (χ3n) is 3.92. The minimum absolute atomic E-state index is 0.0286. The van der Waals surface area contributed by atoms with Gasteiger partial charge in [0, 0.05) is 42.3 Å². The first kappa shape index (κ1) is 18.9. The highest BCUT2D eigenvalue weighted by atomic mass is 32.2. The highest BCUT2D eigenvalue weighted by Crippen LogP contribution is 2.27. The van der Waals surface area contributed by atoms with Crippen LogP contribution in [0.15, 0.2) is 60.0 Å². The van der Waals surface area contributed by atoms with Crippen LogP contribution < -0.4 is 14.2 Å². The largest absolute Gasteiger partial charge is 0.497 e. The van der Waals surface area contributed by atoms with E-state index in [0.717, 1.165) is 11.1 Å². The topological polar surface area (TPSA) is 95.3 Å². The van der Waals surface area contributed by atoms with Crippen LogP contribution >= 0.6 is 0 Å². The Bertz CT molecular complexity index is 1000. The van der Waals surface area contributed by atoms with Crippen molar-refractivity contribution >= 4 is 10.0 Å². The summed E-state index contributed by atoms with van der Waals surface area (Å²) in [5, 5.41) is 4.26. The Balaban J connectivity index is 1.67. The summed E-state index contributed by atoms with van der Waals surface area (Å²) in [6.07, 6.45) is 7.02. The predicted molar refractivity (Wildman–Crippen MR) is 100 cm³/mol. The van der Waals surface area contributed by atoms with E-state index in [2.05, 4.69) is 14.8 Å². The number of rotatable bonds is 8. The molecule has 2 aromatic heterocycles. The molecule has 3 aromatic rings. The highest BCUT2D eigenvalue weighted by molar-refractivity contribution is 7.89. The number of ether oxygens (including phenoxy) is 2. The van der Waals surface area contributed by atoms with Crippen LogP contribution in [0.5, 0.6) is 11.5 Å². The van der Waals surface area contributed by atoms with Gasteiger partial charge in [0.2, 0.25) is 10.0 Å². The van der Waals surface area contributed by atoms with Gasteiger partial charge in [0.1, 0.15) is 16.4 Å². The molecule has 0 aliphatic carbocycles. The van der Waals surface area contributed by atoms with E-state index in [0.29, 0.717) is 12.3 Å². The lowest BCUT2D eigenvalue weighted by molar-refractivity contribution is 0.392. The van der Waals surface area contributed by atoms with Crippen LogP contribution in [-0.4, -0.2) is 43.9 Å². The van der Waals surface area contributed by atoms with Crippen molar-refractivity contribution in [2.75, 3.05) is 20.8 Å². The number of aromatic nitrogens is 3. The van der Waals surface area contributed by atoms with Crippen molar-refractivity contribution in [3.8, 4) is 22.6 Å². The molecule has 0 unspecified atom stereocenters. The summed E-state index contributed by atoms with van der Waals surface area (Å²) in [6, 6.07) is 8.41. The lowest BCUT2D eigenvalue weighted by Crippen LogP contribution is -2.28. The highest BCUT2D eigenvalue weighted by Gasteiger charge is 2.20. The molecule has 142 valence electrons. The van der Waals surface area contributed by atoms with E-state index < -0.39 is 10.0 Å². The zero-order chi connectivity index (χ0) is 19.3. The van der Waals surface area contributed by atoms with Gasteiger partial charge in [-0.25, -0.2) is 13.1 Å². The van der Waals surface area contributed by atoms with Gasteiger partial charge in [-0.15, -0.1) is 0 Å². The van der Waals surface area contributed by atoms with Gasteiger partial charge in [-0.2, -0.15) is 5.10 Å². The molecule has 0 saturated heterocycles. The van der Waals surface area contributed by atoms with E-state index in [4.69, 9.17) is 9.47 Å². The molecule has 1 N–H and O–H groups in total. The average molecular weight is 388 g/mol. The monoisotopic (exact) mass is 388 g/mol. The first-order valence-corrected chi connectivity index (χ1v) is 9.66. The number of nitrogens with one attached hydrogen (secondary N) is 1. The van der Waals surface area contributed by atoms with Crippen molar-refractivity contribution in [2.45, 2.75) is 11.4 Å². The van der Waals surface area contributed by atoms with Gasteiger partial charge >= 0.3 is 0 Å². The number of sulfonamides is 1. The number of pyridine rings is 1. The normalized spacial score (nSPS) is 11.3. The van der Waals surface area contributed by atoms with Crippen molar-refractivity contribution in [3.63, 3.8) is 0 Å². The number of hydrogen-bond acceptors (Lipinski definition) is 6. The first-order valence-electron chi connectivity index (χ1n) is 8.18. The molecule has 0 atom stereocenters. The molecule has 0 fully saturated rings. The van der Waals surface area contributed by atoms with Crippen LogP contribution in [0, 0.1) is 0 Å². The lowest BCUT2D eigenvalue weighted by atomic mass is 10.2. The van der Waals surface area contributed by atoms with E-state index >= 15 is 0 Å². The lowest BCUT2D eigenvalue weighted by Gasteiger charge is -2.12. The third kappa shape index (κ3) is 4.44. The van der Waals surface area contributed by atoms with Crippen LogP contribution in [-0.2, 0) is 16.6 Å². The minimum Gasteiger partial charge on any atom is -0.497 e. The van der Waals surface area contributed by atoms with E-state index in [9.17, 15) is 8.42 Å². The second-order valence-corrected chi connectivity index (χ2v) is 7.38. The fraction of sp³-hybridized carbons (Fsp3) is 0.222. The second-order valence-electron chi connectivity index (χ2n) is 5.65. The summed E-state index contributed by atoms with van der Waals surface area (Å²) in [7, 11) is -0.861. The maximum Gasteiger partial charge on any atom is 0.244 e. The fourth-order valence-electron chi connectivity index (χ4n) is 2.53. The maximum absolute atomic E-state index is 12.6. The molecule has 0 saturated carbocycles. The summed E-state index contributed by atoms with van der Waals surface area (Å²) in [4.78, 5) is 4.11. The van der Waals surface area contributed by atoms with Crippen molar-refractivity contribution in [2.24, 2.45) is 0 Å². The van der Waals surface area contributed by atoms with Gasteiger partial charge in [0.05, 0.1) is 27.0 Å². The zero-order valence-corrected chi connectivity index (χ0v) is 15.8. The van der Waals surface area contributed by atoms with Gasteiger partial charge in [-0.1, -0.05) is 6.07 Å². The van der Waals surface area contributed by atoms with Crippen LogP contribution in [0.4, 0.5) is 0 Å². The van der Waals surface area contributed by atoms with E-state index in [-0.39, 0.29) is 17.2 Å². The van der Waals surface area contributed by atoms with Gasteiger partial charge in [-0.05, 0) is 18.2 Å². The predicted octanol–water partition coefficient (Wildman–Crippen LogP) is 1.94. The summed E-state index contributed by atoms with van der Waals surface area (Å²) in [5.74, 6) is 0.686. The SMILES string of the molecule is COc1ccc(OC)c(S(=O)(=O)NCCn2cc(-c3cccnc3)cn2)c1. The molecule has 9 heteroatoms. The van der Waals surface area contributed by atoms with Crippen LogP contribution in [0.2, 0.25) is 0 Å². The quantitative estimate of drug-likeness (QED) is 0.634. The van der Waals surface area contributed by atoms with Gasteiger partial charge in [0.15, 0.2) is 0 Å². The Morgan fingerprint density at radius 3 is 2.67 bits per heavy atom. The molecule has 3 rings (SSSR count). The molecule has 27 heavy (non-hydrogen) atoms. The maximum atomic E-state index is 12.6. The summed E-state index contributed by atoms with van der Waals surface area (Å²) in [6.45, 7) is 0.558. The molecular formula is C18H20N4O4S. The Kier molecular flexibility index (Phi) is 5.72. The number of nitrogens with zero attached hydrogens (tertiary/aromatic N) is 3. The molecule has 0 radical (unpaired) electrons. The van der Waals surface area contributed by atoms with E-state index in [1.807, 2.05) is 18.3 Å². The van der Waals surface area contributed by atoms with E-state index in [1.165, 1.54) is 20.3 Å². The molecule has 0 amide bonds. The third-order valence-corrected chi connectivity index (χ3v) is 5.40. The molecule has 0 aliphatic rings. The van der Waals surface area contributed by atoms with Gasteiger partial charge in [-0.3, -0.25) is 9.67 Å². The molecule has 8 nitrogen and oxygen atoms in total. The molecule has 0 aliphatic heterocycles. The molecule has 2 heterocycles. The van der Waals surface area contributed by atoms with E-state index in [1.54, 1.807) is 35.4 Å². The first-order chi connectivity index (χ1) is 13.0. The molecule has 0 bridgehead atoms. The Morgan fingerprint density at radius 2 is 1.96 bits per heavy atom. The Morgan fingerprint density at radius 1 is 1.11 bits per heavy atom. The zero-order valence-electron chi connectivity index (χ0n) is 15.0. The molecular weight excluding hydrogens is 368 g/mol. The van der Waals surface area contributed by atoms with Crippen molar-refractivity contribution in [3.05, 3.63) is 55.1 Å². The smallest absolute Gasteiger partial charge is 0.244 e. The van der Waals surface area contributed by atoms with Gasteiger partial charge < -0.3 is 9.47 Å². The fourth-order valence-corrected chi connectivity index (χ4v) is 3.74. The summed E-state index contributed by atoms with van der Waals surface area (Å²) >= 11 is 0. The average Bonchev–Trinajstić information content (AvgIpc) is 3.17. The van der Waals surface area contributed by atoms with Crippen LogP contribution in [0.3, 0.4) is 0 Å². The molecule has 1 aromatic carbocycles. The van der Waals surface area contributed by atoms with Crippen molar-refractivity contribution in [1.82, 2.24) is 19.5 Å². The summed E-state index contributed by atoms with van der Waals surface area (Å²) < 4.78 is 39.7. The molecule has 0 spiro atoms. The Hall–Kier alpha value is -2.91. The second kappa shape index (κ2) is 8.19. The number of hydrogen-bond donors (Lipinski definition) is 1. The van der Waals surface area contributed by atoms with Crippen LogP contribution in [0.25, 0.3) is 11.1 Å². The van der Waals surface area contributed by atoms with Crippen molar-refractivity contribution in [1.29, 1.82) is 0 Å². The van der Waals surface area contributed by atoms with Crippen molar-refractivity contribution < 1.29 is 17.9 Å². The number of benzene rings is 1. The van der Waals surface area contributed by atoms with Gasteiger partial charge in [0.25, 0.3) is 0 Å². The standard InChI is InChI=1S/C18H20N4O4S/c1-25-16-5-6-17(26-2)18(10-16)27(23,24)21-8-9-22-13-15(12-20-22)14-4-3-7-19-11-14/h3-7,10-13,21H,8-9H2,1-2H3. The number of methoxy groups -OCH3 is 2.